The molecule has 0 bridgehead atoms. The minimum Gasteiger partial charge on any atom is -0.377 e. The SMILES string of the molecule is [CH2]CN(C=O)Oc1ccc([N+](=O)[O-])cc1. The smallest absolute Gasteiger partial charge is 0.269 e. The van der Waals surface area contributed by atoms with E-state index in [1.54, 1.807) is 0 Å². The van der Waals surface area contributed by atoms with Gasteiger partial charge in [-0.2, -0.15) is 5.06 Å². The Morgan fingerprint density at radius 3 is 2.47 bits per heavy atom. The number of nitro groups is 1. The Hall–Kier alpha value is -2.11. The minimum atomic E-state index is -0.511. The van der Waals surface area contributed by atoms with Crippen molar-refractivity contribution < 1.29 is 14.6 Å². The number of hydrogen-bond acceptors (Lipinski definition) is 4. The average molecular weight is 209 g/mol. The maximum atomic E-state index is 10.4. The second-order valence-electron chi connectivity index (χ2n) is 2.59. The van der Waals surface area contributed by atoms with E-state index in [4.69, 9.17) is 4.84 Å². The van der Waals surface area contributed by atoms with Gasteiger partial charge >= 0.3 is 0 Å². The molecule has 0 atom stereocenters. The molecule has 1 rings (SSSR count). The van der Waals surface area contributed by atoms with E-state index in [9.17, 15) is 14.9 Å². The monoisotopic (exact) mass is 209 g/mol. The zero-order chi connectivity index (χ0) is 11.3. The van der Waals surface area contributed by atoms with E-state index in [1.165, 1.54) is 24.3 Å². The largest absolute Gasteiger partial charge is 0.377 e. The number of non-ortho nitro benzene ring substituents is 1. The van der Waals surface area contributed by atoms with Crippen LogP contribution in [0.15, 0.2) is 24.3 Å². The highest BCUT2D eigenvalue weighted by atomic mass is 16.7. The van der Waals surface area contributed by atoms with Crippen LogP contribution >= 0.6 is 0 Å². The second-order valence-corrected chi connectivity index (χ2v) is 2.59. The Balaban J connectivity index is 2.71. The fraction of sp³-hybridized carbons (Fsp3) is 0.111. The van der Waals surface area contributed by atoms with Crippen molar-refractivity contribution in [1.82, 2.24) is 5.06 Å². The van der Waals surface area contributed by atoms with Gasteiger partial charge in [0.15, 0.2) is 5.75 Å². The summed E-state index contributed by atoms with van der Waals surface area (Å²) in [6.07, 6.45) is 0.481. The van der Waals surface area contributed by atoms with Gasteiger partial charge in [0.1, 0.15) is 0 Å². The molecule has 0 aromatic heterocycles. The molecule has 0 aliphatic carbocycles. The Kier molecular flexibility index (Phi) is 3.61. The Bertz CT molecular complexity index is 350. The third-order valence-corrected chi connectivity index (χ3v) is 1.61. The lowest BCUT2D eigenvalue weighted by atomic mass is 10.3. The van der Waals surface area contributed by atoms with Crippen LogP contribution in [-0.4, -0.2) is 22.9 Å². The number of hydroxylamine groups is 2. The van der Waals surface area contributed by atoms with Gasteiger partial charge in [-0.15, -0.1) is 0 Å². The van der Waals surface area contributed by atoms with Gasteiger partial charge in [-0.1, -0.05) is 0 Å². The summed E-state index contributed by atoms with van der Waals surface area (Å²) in [6.45, 7) is 3.61. The number of benzene rings is 1. The van der Waals surface area contributed by atoms with Crippen molar-refractivity contribution in [2.45, 2.75) is 0 Å². The summed E-state index contributed by atoms with van der Waals surface area (Å²) in [5.74, 6) is 0.344. The Morgan fingerprint density at radius 2 is 2.07 bits per heavy atom. The quantitative estimate of drug-likeness (QED) is 0.414. The standard InChI is InChI=1S/C9H9N2O4/c1-2-10(7-12)15-9-5-3-8(4-6-9)11(13)14/h3-7H,1-2H2. The molecule has 1 radical (unpaired) electrons. The molecule has 1 aromatic carbocycles. The van der Waals surface area contributed by atoms with Crippen molar-refractivity contribution in [3.05, 3.63) is 41.3 Å². The van der Waals surface area contributed by atoms with Crippen molar-refractivity contribution in [1.29, 1.82) is 0 Å². The molecule has 15 heavy (non-hydrogen) atoms. The first kappa shape index (κ1) is 11.0. The molecule has 0 unspecified atom stereocenters. The van der Waals surface area contributed by atoms with Gasteiger partial charge in [0, 0.05) is 12.1 Å². The van der Waals surface area contributed by atoms with Crippen molar-refractivity contribution in [2.24, 2.45) is 0 Å². The first-order chi connectivity index (χ1) is 7.17. The van der Waals surface area contributed by atoms with Gasteiger partial charge < -0.3 is 4.84 Å². The Labute approximate surface area is 86.2 Å². The van der Waals surface area contributed by atoms with E-state index < -0.39 is 4.92 Å². The molecular weight excluding hydrogens is 200 g/mol. The second kappa shape index (κ2) is 4.94. The summed E-state index contributed by atoms with van der Waals surface area (Å²) in [5.41, 5.74) is -0.0328. The molecule has 1 aromatic rings. The summed E-state index contributed by atoms with van der Waals surface area (Å²) >= 11 is 0. The molecular formula is C9H9N2O4. The van der Waals surface area contributed by atoms with Gasteiger partial charge in [-0.05, 0) is 19.1 Å². The van der Waals surface area contributed by atoms with Crippen LogP contribution in [0.2, 0.25) is 0 Å². The molecule has 0 heterocycles. The molecule has 0 spiro atoms. The van der Waals surface area contributed by atoms with Crippen LogP contribution in [0.5, 0.6) is 5.75 Å². The van der Waals surface area contributed by atoms with E-state index in [-0.39, 0.29) is 12.2 Å². The number of nitro benzene ring substituents is 1. The average Bonchev–Trinajstić information content (AvgIpc) is 2.26. The zero-order valence-electron chi connectivity index (χ0n) is 7.83. The number of carbonyl (C=O) groups excluding carboxylic acids is 1. The third kappa shape index (κ3) is 2.94. The summed E-state index contributed by atoms with van der Waals surface area (Å²) in [6, 6.07) is 5.40. The highest BCUT2D eigenvalue weighted by Crippen LogP contribution is 2.17. The maximum absolute atomic E-state index is 10.4. The van der Waals surface area contributed by atoms with Crippen LogP contribution in [0.25, 0.3) is 0 Å². The molecule has 6 nitrogen and oxygen atoms in total. The fourth-order valence-electron chi connectivity index (χ4n) is 0.884. The van der Waals surface area contributed by atoms with Gasteiger partial charge in [-0.25, -0.2) is 0 Å². The van der Waals surface area contributed by atoms with Crippen LogP contribution < -0.4 is 4.84 Å². The third-order valence-electron chi connectivity index (χ3n) is 1.61. The minimum absolute atomic E-state index is 0.0328. The van der Waals surface area contributed by atoms with E-state index in [0.717, 1.165) is 5.06 Å². The molecule has 0 aliphatic rings. The number of amides is 1. The maximum Gasteiger partial charge on any atom is 0.269 e. The van der Waals surface area contributed by atoms with Crippen LogP contribution in [0, 0.1) is 17.0 Å². The fourth-order valence-corrected chi connectivity index (χ4v) is 0.884. The van der Waals surface area contributed by atoms with Gasteiger partial charge in [0.2, 0.25) is 6.41 Å². The summed E-state index contributed by atoms with van der Waals surface area (Å²) in [5, 5.41) is 11.3. The normalized spacial score (nSPS) is 9.40. The number of nitrogens with zero attached hydrogens (tertiary/aromatic N) is 2. The molecule has 0 N–H and O–H groups in total. The predicted octanol–water partition coefficient (Wildman–Crippen LogP) is 1.18. The highest BCUT2D eigenvalue weighted by molar-refractivity contribution is 5.46. The van der Waals surface area contributed by atoms with Crippen molar-refractivity contribution >= 4 is 12.1 Å². The summed E-state index contributed by atoms with van der Waals surface area (Å²) in [7, 11) is 0. The number of rotatable bonds is 5. The number of hydrogen-bond donors (Lipinski definition) is 0. The van der Waals surface area contributed by atoms with Crippen LogP contribution in [-0.2, 0) is 4.79 Å². The highest BCUT2D eigenvalue weighted by Gasteiger charge is 2.06. The molecule has 0 saturated heterocycles. The topological polar surface area (TPSA) is 72.7 Å². The van der Waals surface area contributed by atoms with Crippen molar-refractivity contribution in [3.8, 4) is 5.75 Å². The summed E-state index contributed by atoms with van der Waals surface area (Å²) in [4.78, 5) is 25.2. The van der Waals surface area contributed by atoms with E-state index in [1.807, 2.05) is 0 Å². The lowest BCUT2D eigenvalue weighted by Gasteiger charge is -2.14. The van der Waals surface area contributed by atoms with E-state index >= 15 is 0 Å². The van der Waals surface area contributed by atoms with E-state index in [0.29, 0.717) is 12.2 Å². The molecule has 79 valence electrons. The van der Waals surface area contributed by atoms with Gasteiger partial charge in [-0.3, -0.25) is 14.9 Å². The molecule has 6 heteroatoms. The van der Waals surface area contributed by atoms with Crippen LogP contribution in [0.3, 0.4) is 0 Å². The molecule has 0 saturated carbocycles. The molecule has 1 amide bonds. The first-order valence-electron chi connectivity index (χ1n) is 4.11. The lowest BCUT2D eigenvalue weighted by molar-refractivity contribution is -0.384. The Morgan fingerprint density at radius 1 is 1.47 bits per heavy atom. The number of carbonyl (C=O) groups is 1. The first-order valence-corrected chi connectivity index (χ1v) is 4.11. The predicted molar refractivity (Wildman–Crippen MR) is 51.9 cm³/mol. The van der Waals surface area contributed by atoms with Crippen molar-refractivity contribution in [2.75, 3.05) is 6.54 Å². The molecule has 0 fully saturated rings. The molecule has 0 aliphatic heterocycles. The van der Waals surface area contributed by atoms with Gasteiger partial charge in [0.05, 0.1) is 11.5 Å². The van der Waals surface area contributed by atoms with E-state index in [2.05, 4.69) is 6.92 Å². The van der Waals surface area contributed by atoms with Gasteiger partial charge in [0.25, 0.3) is 5.69 Å². The summed E-state index contributed by atoms with van der Waals surface area (Å²) < 4.78 is 0. The van der Waals surface area contributed by atoms with Crippen molar-refractivity contribution in [3.63, 3.8) is 0 Å². The van der Waals surface area contributed by atoms with Crippen LogP contribution in [0.1, 0.15) is 0 Å². The zero-order valence-corrected chi connectivity index (χ0v) is 7.83. The lowest BCUT2D eigenvalue weighted by Crippen LogP contribution is -2.25. The van der Waals surface area contributed by atoms with Crippen LogP contribution in [0.4, 0.5) is 5.69 Å².